The third kappa shape index (κ3) is 4.17. The maximum Gasteiger partial charge on any atom is 0.260 e. The van der Waals surface area contributed by atoms with Gasteiger partial charge in [0.25, 0.3) is 11.8 Å². The van der Waals surface area contributed by atoms with Crippen LogP contribution in [0.5, 0.6) is 17.4 Å². The molecule has 2 aromatic rings. The Morgan fingerprint density at radius 1 is 1.37 bits per heavy atom. The van der Waals surface area contributed by atoms with Crippen LogP contribution >= 0.6 is 0 Å². The third-order valence-corrected chi connectivity index (χ3v) is 5.35. The van der Waals surface area contributed by atoms with Crippen LogP contribution in [0, 0.1) is 5.82 Å². The molecule has 0 spiro atoms. The fourth-order valence-corrected chi connectivity index (χ4v) is 3.86. The predicted molar refractivity (Wildman–Crippen MR) is 107 cm³/mol. The number of nitrogens with zero attached hydrogens (tertiary/aromatic N) is 3. The summed E-state index contributed by atoms with van der Waals surface area (Å²) >= 11 is 0. The monoisotopic (exact) mass is 415 g/mol. The summed E-state index contributed by atoms with van der Waals surface area (Å²) in [5.74, 6) is 0.553. The van der Waals surface area contributed by atoms with Crippen molar-refractivity contribution in [2.45, 2.75) is 51.7 Å². The van der Waals surface area contributed by atoms with E-state index in [9.17, 15) is 9.18 Å². The second-order valence-electron chi connectivity index (χ2n) is 8.23. The summed E-state index contributed by atoms with van der Waals surface area (Å²) in [4.78, 5) is 22.1. The van der Waals surface area contributed by atoms with Crippen molar-refractivity contribution in [3.05, 3.63) is 41.6 Å². The molecule has 2 aliphatic rings. The lowest BCUT2D eigenvalue weighted by Gasteiger charge is -2.19. The molecule has 1 fully saturated rings. The van der Waals surface area contributed by atoms with E-state index < -0.39 is 5.82 Å². The number of rotatable bonds is 6. The molecule has 30 heavy (non-hydrogen) atoms. The Labute approximate surface area is 175 Å². The molecule has 0 bridgehead atoms. The lowest BCUT2D eigenvalue weighted by molar-refractivity contribution is -0.132. The van der Waals surface area contributed by atoms with Crippen molar-refractivity contribution in [2.24, 2.45) is 0 Å². The molecule has 2 aliphatic heterocycles. The minimum atomic E-state index is -0.533. The Balaban J connectivity index is 1.33. The van der Waals surface area contributed by atoms with Gasteiger partial charge in [-0.3, -0.25) is 4.79 Å². The van der Waals surface area contributed by atoms with Gasteiger partial charge in [0.15, 0.2) is 18.1 Å². The largest absolute Gasteiger partial charge is 0.483 e. The van der Waals surface area contributed by atoms with Crippen LogP contribution in [0.2, 0.25) is 0 Å². The van der Waals surface area contributed by atoms with Gasteiger partial charge in [-0.25, -0.2) is 4.98 Å². The number of benzene rings is 1. The zero-order valence-electron chi connectivity index (χ0n) is 17.5. The molecular weight excluding hydrogens is 389 g/mol. The highest BCUT2D eigenvalue weighted by Crippen LogP contribution is 2.41. The summed E-state index contributed by atoms with van der Waals surface area (Å²) in [6.07, 6.45) is 2.85. The first-order valence-corrected chi connectivity index (χ1v) is 10.2. The standard InChI is InChI=1S/C22H26FN3O4/c1-4-16-19(23)21(25-13-24-16)29-15-8-9-26(11-15)18(27)12-28-17-7-5-6-14-10-22(2,3)30-20(14)17/h5-7,13,15H,4,8-12H2,1-3H3/t15-/m0/s1. The number of aromatic nitrogens is 2. The number of para-hydroxylation sites is 1. The summed E-state index contributed by atoms with van der Waals surface area (Å²) in [7, 11) is 0. The van der Waals surface area contributed by atoms with Gasteiger partial charge in [0.2, 0.25) is 5.82 Å². The number of ether oxygens (including phenoxy) is 3. The Kier molecular flexibility index (Phi) is 5.49. The molecular formula is C22H26FN3O4. The fourth-order valence-electron chi connectivity index (χ4n) is 3.86. The summed E-state index contributed by atoms with van der Waals surface area (Å²) in [5.41, 5.74) is 1.12. The molecule has 7 nitrogen and oxygen atoms in total. The quantitative estimate of drug-likeness (QED) is 0.722. The van der Waals surface area contributed by atoms with Crippen molar-refractivity contribution in [2.75, 3.05) is 19.7 Å². The van der Waals surface area contributed by atoms with Crippen molar-refractivity contribution >= 4 is 5.91 Å². The maximum absolute atomic E-state index is 14.3. The Morgan fingerprint density at radius 2 is 2.20 bits per heavy atom. The zero-order valence-corrected chi connectivity index (χ0v) is 17.5. The summed E-state index contributed by atoms with van der Waals surface area (Å²) in [5, 5.41) is 0. The van der Waals surface area contributed by atoms with Crippen LogP contribution < -0.4 is 14.2 Å². The second-order valence-corrected chi connectivity index (χ2v) is 8.23. The molecule has 0 saturated carbocycles. The number of carbonyl (C=O) groups excluding carboxylic acids is 1. The first kappa shape index (κ1) is 20.4. The van der Waals surface area contributed by atoms with E-state index in [1.165, 1.54) is 6.33 Å². The Morgan fingerprint density at radius 3 is 3.00 bits per heavy atom. The van der Waals surface area contributed by atoms with Crippen molar-refractivity contribution in [1.82, 2.24) is 14.9 Å². The topological polar surface area (TPSA) is 73.8 Å². The molecule has 1 atom stereocenters. The van der Waals surface area contributed by atoms with E-state index in [-0.39, 0.29) is 30.1 Å². The zero-order chi connectivity index (χ0) is 21.3. The van der Waals surface area contributed by atoms with E-state index in [1.54, 1.807) is 4.90 Å². The van der Waals surface area contributed by atoms with Crippen LogP contribution in [-0.4, -0.2) is 52.2 Å². The van der Waals surface area contributed by atoms with Gasteiger partial charge in [-0.2, -0.15) is 9.37 Å². The van der Waals surface area contributed by atoms with Crippen molar-refractivity contribution < 1.29 is 23.4 Å². The van der Waals surface area contributed by atoms with Crippen LogP contribution in [0.3, 0.4) is 0 Å². The van der Waals surface area contributed by atoms with Crippen LogP contribution in [0.15, 0.2) is 24.5 Å². The molecule has 4 rings (SSSR count). The number of carbonyl (C=O) groups is 1. The van der Waals surface area contributed by atoms with E-state index in [0.29, 0.717) is 43.1 Å². The van der Waals surface area contributed by atoms with Gasteiger partial charge in [0.05, 0.1) is 12.2 Å². The van der Waals surface area contributed by atoms with Crippen molar-refractivity contribution in [1.29, 1.82) is 0 Å². The first-order valence-electron chi connectivity index (χ1n) is 10.2. The number of halogens is 1. The van der Waals surface area contributed by atoms with Crippen LogP contribution in [-0.2, 0) is 17.6 Å². The SMILES string of the molecule is CCc1ncnc(O[C@H]2CCN(C(=O)COc3cccc4c3OC(C)(C)C4)C2)c1F. The van der Waals surface area contributed by atoms with Crippen LogP contribution in [0.25, 0.3) is 0 Å². The van der Waals surface area contributed by atoms with E-state index in [4.69, 9.17) is 14.2 Å². The minimum absolute atomic E-state index is 0.0583. The van der Waals surface area contributed by atoms with Gasteiger partial charge in [-0.1, -0.05) is 19.1 Å². The fraction of sp³-hybridized carbons (Fsp3) is 0.500. The van der Waals surface area contributed by atoms with Gasteiger partial charge >= 0.3 is 0 Å². The van der Waals surface area contributed by atoms with Gasteiger partial charge in [0.1, 0.15) is 18.0 Å². The molecule has 1 amide bonds. The van der Waals surface area contributed by atoms with E-state index in [2.05, 4.69) is 9.97 Å². The van der Waals surface area contributed by atoms with Crippen LogP contribution in [0.4, 0.5) is 4.39 Å². The summed E-state index contributed by atoms with van der Waals surface area (Å²) in [6.45, 7) is 6.67. The second kappa shape index (κ2) is 8.08. The van der Waals surface area contributed by atoms with E-state index >= 15 is 0 Å². The predicted octanol–water partition coefficient (Wildman–Crippen LogP) is 2.95. The van der Waals surface area contributed by atoms with Gasteiger partial charge in [-0.15, -0.1) is 0 Å². The molecule has 1 aromatic heterocycles. The summed E-state index contributed by atoms with van der Waals surface area (Å²) < 4.78 is 31.7. The van der Waals surface area contributed by atoms with Gasteiger partial charge in [0, 0.05) is 24.9 Å². The van der Waals surface area contributed by atoms with Gasteiger partial charge in [-0.05, 0) is 26.3 Å². The maximum atomic E-state index is 14.3. The molecule has 3 heterocycles. The lowest BCUT2D eigenvalue weighted by Crippen LogP contribution is -2.34. The molecule has 1 saturated heterocycles. The van der Waals surface area contributed by atoms with Crippen molar-refractivity contribution in [3.63, 3.8) is 0 Å². The van der Waals surface area contributed by atoms with Crippen LogP contribution in [0.1, 0.15) is 38.4 Å². The number of fused-ring (bicyclic) bond motifs is 1. The average molecular weight is 415 g/mol. The Hall–Kier alpha value is -2.90. The molecule has 160 valence electrons. The Bertz CT molecular complexity index is 950. The summed E-state index contributed by atoms with van der Waals surface area (Å²) in [6, 6.07) is 5.73. The molecule has 0 radical (unpaired) electrons. The van der Waals surface area contributed by atoms with Gasteiger partial charge < -0.3 is 19.1 Å². The molecule has 0 unspecified atom stereocenters. The number of likely N-dealkylation sites (tertiary alicyclic amines) is 1. The normalized spacial score (nSPS) is 19.3. The highest BCUT2D eigenvalue weighted by Gasteiger charge is 2.33. The molecule has 1 aromatic carbocycles. The first-order chi connectivity index (χ1) is 14.4. The number of hydrogen-bond donors (Lipinski definition) is 0. The van der Waals surface area contributed by atoms with Crippen molar-refractivity contribution in [3.8, 4) is 17.4 Å². The molecule has 0 aliphatic carbocycles. The average Bonchev–Trinajstić information content (AvgIpc) is 3.30. The lowest BCUT2D eigenvalue weighted by atomic mass is 10.0. The highest BCUT2D eigenvalue weighted by molar-refractivity contribution is 5.78. The number of amides is 1. The molecule has 8 heteroatoms. The smallest absolute Gasteiger partial charge is 0.260 e. The minimum Gasteiger partial charge on any atom is -0.483 e. The van der Waals surface area contributed by atoms with E-state index in [1.807, 2.05) is 39.0 Å². The van der Waals surface area contributed by atoms with E-state index in [0.717, 1.165) is 12.0 Å². The number of hydrogen-bond acceptors (Lipinski definition) is 6. The number of aryl methyl sites for hydroxylation is 1. The highest BCUT2D eigenvalue weighted by atomic mass is 19.1. The molecule has 0 N–H and O–H groups in total. The third-order valence-electron chi connectivity index (χ3n) is 5.35.